The minimum absolute atomic E-state index is 0.428. The van der Waals surface area contributed by atoms with Gasteiger partial charge in [0.05, 0.1) is 6.10 Å². The standard InChI is InChI=1S/C12H14BNO/c13-11-6-12(15)9-14(8-11)7-10-4-2-1-3-5-10/h1-6,12,15H,7-9H2. The fourth-order valence-electron chi connectivity index (χ4n) is 1.90. The van der Waals surface area contributed by atoms with E-state index in [4.69, 9.17) is 7.85 Å². The Kier molecular flexibility index (Phi) is 3.24. The highest BCUT2D eigenvalue weighted by Gasteiger charge is 2.15. The monoisotopic (exact) mass is 199 g/mol. The van der Waals surface area contributed by atoms with Gasteiger partial charge in [-0.1, -0.05) is 36.4 Å². The van der Waals surface area contributed by atoms with Crippen LogP contribution in [0, 0.1) is 0 Å². The van der Waals surface area contributed by atoms with Crippen LogP contribution in [0.4, 0.5) is 0 Å². The van der Waals surface area contributed by atoms with E-state index in [2.05, 4.69) is 17.0 Å². The summed E-state index contributed by atoms with van der Waals surface area (Å²) in [7, 11) is 5.73. The molecule has 1 aliphatic heterocycles. The topological polar surface area (TPSA) is 23.5 Å². The van der Waals surface area contributed by atoms with E-state index >= 15 is 0 Å². The molecular formula is C12H14BNO. The molecular weight excluding hydrogens is 185 g/mol. The summed E-state index contributed by atoms with van der Waals surface area (Å²) in [6, 6.07) is 10.2. The molecule has 0 saturated heterocycles. The van der Waals surface area contributed by atoms with Gasteiger partial charge >= 0.3 is 0 Å². The van der Waals surface area contributed by atoms with Crippen LogP contribution in [-0.4, -0.2) is 37.0 Å². The Labute approximate surface area is 91.6 Å². The van der Waals surface area contributed by atoms with Crippen LogP contribution in [0.1, 0.15) is 5.56 Å². The molecule has 1 aliphatic rings. The zero-order valence-corrected chi connectivity index (χ0v) is 8.63. The molecule has 1 aromatic carbocycles. The van der Waals surface area contributed by atoms with E-state index in [9.17, 15) is 5.11 Å². The Morgan fingerprint density at radius 2 is 2.07 bits per heavy atom. The predicted molar refractivity (Wildman–Crippen MR) is 61.6 cm³/mol. The molecule has 1 unspecified atom stereocenters. The molecule has 1 heterocycles. The van der Waals surface area contributed by atoms with Gasteiger partial charge in [0.15, 0.2) is 0 Å². The molecule has 1 atom stereocenters. The molecule has 76 valence electrons. The number of benzene rings is 1. The van der Waals surface area contributed by atoms with Gasteiger partial charge < -0.3 is 5.11 Å². The average Bonchev–Trinajstić information content (AvgIpc) is 2.17. The third-order valence-corrected chi connectivity index (χ3v) is 2.51. The summed E-state index contributed by atoms with van der Waals surface area (Å²) in [5, 5.41) is 9.53. The lowest BCUT2D eigenvalue weighted by Gasteiger charge is -2.29. The molecule has 3 heteroatoms. The van der Waals surface area contributed by atoms with Gasteiger partial charge in [0.2, 0.25) is 0 Å². The summed E-state index contributed by atoms with van der Waals surface area (Å²) >= 11 is 0. The molecule has 0 saturated carbocycles. The second kappa shape index (κ2) is 4.64. The Morgan fingerprint density at radius 3 is 2.73 bits per heavy atom. The van der Waals surface area contributed by atoms with Crippen LogP contribution in [0.15, 0.2) is 41.9 Å². The van der Waals surface area contributed by atoms with Crippen LogP contribution in [0.5, 0.6) is 0 Å². The van der Waals surface area contributed by atoms with Crippen LogP contribution < -0.4 is 0 Å². The first-order valence-corrected chi connectivity index (χ1v) is 5.14. The first-order chi connectivity index (χ1) is 7.24. The lowest BCUT2D eigenvalue weighted by molar-refractivity contribution is 0.138. The van der Waals surface area contributed by atoms with Crippen LogP contribution >= 0.6 is 0 Å². The molecule has 1 aromatic rings. The first kappa shape index (κ1) is 10.5. The van der Waals surface area contributed by atoms with Gasteiger partial charge in [0.1, 0.15) is 7.85 Å². The summed E-state index contributed by atoms with van der Waals surface area (Å²) in [6.07, 6.45) is 1.30. The van der Waals surface area contributed by atoms with E-state index in [0.29, 0.717) is 6.54 Å². The van der Waals surface area contributed by atoms with Gasteiger partial charge in [-0.05, 0) is 5.56 Å². The van der Waals surface area contributed by atoms with Crippen LogP contribution in [0.25, 0.3) is 0 Å². The fourth-order valence-corrected chi connectivity index (χ4v) is 1.90. The van der Waals surface area contributed by atoms with Gasteiger partial charge in [0, 0.05) is 19.6 Å². The van der Waals surface area contributed by atoms with Crippen molar-refractivity contribution in [3.05, 3.63) is 47.4 Å². The highest BCUT2D eigenvalue weighted by Crippen LogP contribution is 2.11. The fraction of sp³-hybridized carbons (Fsp3) is 0.333. The van der Waals surface area contributed by atoms with Crippen molar-refractivity contribution in [2.45, 2.75) is 12.6 Å². The number of rotatable bonds is 2. The lowest BCUT2D eigenvalue weighted by Crippen LogP contribution is -2.37. The lowest BCUT2D eigenvalue weighted by atomic mass is 9.90. The van der Waals surface area contributed by atoms with E-state index in [1.807, 2.05) is 18.2 Å². The maximum absolute atomic E-state index is 9.53. The number of hydrogen-bond donors (Lipinski definition) is 1. The molecule has 15 heavy (non-hydrogen) atoms. The number of aliphatic hydroxyl groups is 1. The van der Waals surface area contributed by atoms with Crippen molar-refractivity contribution in [3.8, 4) is 0 Å². The highest BCUT2D eigenvalue weighted by molar-refractivity contribution is 6.22. The van der Waals surface area contributed by atoms with E-state index in [0.717, 1.165) is 18.6 Å². The highest BCUT2D eigenvalue weighted by atomic mass is 16.3. The number of hydrogen-bond acceptors (Lipinski definition) is 2. The van der Waals surface area contributed by atoms with E-state index in [1.165, 1.54) is 5.56 Å². The molecule has 2 nitrogen and oxygen atoms in total. The van der Waals surface area contributed by atoms with Gasteiger partial charge in [-0.25, -0.2) is 0 Å². The predicted octanol–water partition coefficient (Wildman–Crippen LogP) is 0.915. The summed E-state index contributed by atoms with van der Waals surface area (Å²) in [5.41, 5.74) is 2.00. The van der Waals surface area contributed by atoms with Crippen molar-refractivity contribution in [2.75, 3.05) is 13.1 Å². The molecule has 0 bridgehead atoms. The Hall–Kier alpha value is -1.06. The SMILES string of the molecule is [B]C1=CC(O)CN(Cc2ccccc2)C1. The summed E-state index contributed by atoms with van der Waals surface area (Å²) in [6.45, 7) is 2.24. The van der Waals surface area contributed by atoms with E-state index < -0.39 is 6.10 Å². The zero-order chi connectivity index (χ0) is 10.7. The number of nitrogens with zero attached hydrogens (tertiary/aromatic N) is 1. The van der Waals surface area contributed by atoms with Crippen molar-refractivity contribution < 1.29 is 5.11 Å². The maximum Gasteiger partial charge on any atom is 0.109 e. The van der Waals surface area contributed by atoms with Gasteiger partial charge in [-0.2, -0.15) is 0 Å². The Bertz CT molecular complexity index is 350. The number of aliphatic hydroxyl groups excluding tert-OH is 1. The third kappa shape index (κ3) is 2.95. The summed E-state index contributed by atoms with van der Waals surface area (Å²) in [5.74, 6) is 0. The molecule has 0 amide bonds. The van der Waals surface area contributed by atoms with Crippen LogP contribution in [0.3, 0.4) is 0 Å². The molecule has 0 aliphatic carbocycles. The van der Waals surface area contributed by atoms with E-state index in [1.54, 1.807) is 6.08 Å². The quantitative estimate of drug-likeness (QED) is 0.715. The Morgan fingerprint density at radius 1 is 1.33 bits per heavy atom. The van der Waals surface area contributed by atoms with Crippen molar-refractivity contribution in [3.63, 3.8) is 0 Å². The largest absolute Gasteiger partial charge is 0.388 e. The second-order valence-corrected chi connectivity index (χ2v) is 3.96. The minimum atomic E-state index is -0.428. The molecule has 2 radical (unpaired) electrons. The van der Waals surface area contributed by atoms with Crippen molar-refractivity contribution in [2.24, 2.45) is 0 Å². The summed E-state index contributed by atoms with van der Waals surface area (Å²) < 4.78 is 0. The van der Waals surface area contributed by atoms with Crippen LogP contribution in [0.2, 0.25) is 0 Å². The third-order valence-electron chi connectivity index (χ3n) is 2.51. The zero-order valence-electron chi connectivity index (χ0n) is 8.63. The maximum atomic E-state index is 9.53. The van der Waals surface area contributed by atoms with Crippen molar-refractivity contribution >= 4 is 7.85 Å². The minimum Gasteiger partial charge on any atom is -0.388 e. The first-order valence-electron chi connectivity index (χ1n) is 5.14. The molecule has 0 fully saturated rings. The number of β-amino-alcohol motifs (C(OH)–C–C–N with tert-alkyl or cyclic N) is 1. The average molecular weight is 199 g/mol. The van der Waals surface area contributed by atoms with Crippen molar-refractivity contribution in [1.29, 1.82) is 0 Å². The van der Waals surface area contributed by atoms with Crippen LogP contribution in [-0.2, 0) is 6.54 Å². The molecule has 1 N–H and O–H groups in total. The molecule has 2 rings (SSSR count). The second-order valence-electron chi connectivity index (χ2n) is 3.96. The molecule has 0 spiro atoms. The molecule has 0 aromatic heterocycles. The van der Waals surface area contributed by atoms with Gasteiger partial charge in [-0.15, -0.1) is 5.47 Å². The van der Waals surface area contributed by atoms with Gasteiger partial charge in [-0.3, -0.25) is 4.90 Å². The van der Waals surface area contributed by atoms with E-state index in [-0.39, 0.29) is 0 Å². The van der Waals surface area contributed by atoms with Gasteiger partial charge in [0.25, 0.3) is 0 Å². The summed E-state index contributed by atoms with van der Waals surface area (Å²) in [4.78, 5) is 2.15. The Balaban J connectivity index is 1.99. The normalized spacial score (nSPS) is 22.5. The smallest absolute Gasteiger partial charge is 0.109 e. The van der Waals surface area contributed by atoms with Crippen molar-refractivity contribution in [1.82, 2.24) is 4.90 Å².